The predicted octanol–water partition coefficient (Wildman–Crippen LogP) is 3.74. The van der Waals surface area contributed by atoms with Crippen LogP contribution in [0.25, 0.3) is 0 Å². The first-order chi connectivity index (χ1) is 14.5. The predicted molar refractivity (Wildman–Crippen MR) is 123 cm³/mol. The van der Waals surface area contributed by atoms with Crippen molar-refractivity contribution in [1.29, 1.82) is 0 Å². The first kappa shape index (κ1) is 24.5. The van der Waals surface area contributed by atoms with E-state index >= 15 is 0 Å². The first-order valence-electron chi connectivity index (χ1n) is 10.1. The zero-order valence-electron chi connectivity index (χ0n) is 19.2. The highest BCUT2D eigenvalue weighted by Crippen LogP contribution is 2.35. The number of carbonyl (C=O) groups is 1. The fourth-order valence-electron chi connectivity index (χ4n) is 3.44. The fraction of sp³-hybridized carbons (Fsp3) is 0.435. The summed E-state index contributed by atoms with van der Waals surface area (Å²) in [6.45, 7) is 7.59. The molecular weight excluding hydrogens is 416 g/mol. The molecule has 0 saturated carbocycles. The third-order valence-electron chi connectivity index (χ3n) is 5.37. The van der Waals surface area contributed by atoms with Crippen LogP contribution in [0, 0.1) is 13.8 Å². The molecule has 2 rings (SSSR count). The third kappa shape index (κ3) is 5.70. The minimum absolute atomic E-state index is 0.233. The van der Waals surface area contributed by atoms with Crippen LogP contribution < -0.4 is 19.1 Å². The summed E-state index contributed by atoms with van der Waals surface area (Å²) in [5.41, 5.74) is 3.53. The minimum Gasteiger partial charge on any atom is -0.497 e. The molecule has 1 amide bonds. The van der Waals surface area contributed by atoms with Gasteiger partial charge in [0, 0.05) is 6.07 Å². The average molecular weight is 449 g/mol. The molecular formula is C23H32N2O5S. The number of hydrogen-bond acceptors (Lipinski definition) is 5. The Morgan fingerprint density at radius 2 is 1.74 bits per heavy atom. The van der Waals surface area contributed by atoms with Gasteiger partial charge in [-0.05, 0) is 56.0 Å². The molecule has 1 N–H and O–H groups in total. The fourth-order valence-corrected chi connectivity index (χ4v) is 4.61. The zero-order chi connectivity index (χ0) is 23.3. The number of rotatable bonds is 9. The third-order valence-corrected chi connectivity index (χ3v) is 6.60. The Labute approximate surface area is 185 Å². The summed E-state index contributed by atoms with van der Waals surface area (Å²) >= 11 is 0. The van der Waals surface area contributed by atoms with Gasteiger partial charge in [-0.1, -0.05) is 25.1 Å². The Morgan fingerprint density at radius 3 is 2.26 bits per heavy atom. The quantitative estimate of drug-likeness (QED) is 0.632. The van der Waals surface area contributed by atoms with Gasteiger partial charge in [-0.3, -0.25) is 9.10 Å². The Balaban J connectivity index is 2.40. The van der Waals surface area contributed by atoms with Gasteiger partial charge in [-0.2, -0.15) is 0 Å². The molecule has 0 aliphatic heterocycles. The molecule has 7 nitrogen and oxygen atoms in total. The number of anilines is 1. The Bertz CT molecular complexity index is 1040. The smallest absolute Gasteiger partial charge is 0.244 e. The van der Waals surface area contributed by atoms with Crippen molar-refractivity contribution in [1.82, 2.24) is 5.32 Å². The molecule has 170 valence electrons. The van der Waals surface area contributed by atoms with Crippen molar-refractivity contribution in [3.05, 3.63) is 53.1 Å². The maximum absolute atomic E-state index is 13.2. The highest BCUT2D eigenvalue weighted by molar-refractivity contribution is 7.92. The Morgan fingerprint density at radius 1 is 1.06 bits per heavy atom. The molecule has 0 spiro atoms. The van der Waals surface area contributed by atoms with E-state index in [1.54, 1.807) is 25.1 Å². The maximum Gasteiger partial charge on any atom is 0.244 e. The molecule has 0 fully saturated rings. The molecule has 0 radical (unpaired) electrons. The summed E-state index contributed by atoms with van der Waals surface area (Å²) in [6, 6.07) is 9.65. The average Bonchev–Trinajstić information content (AvgIpc) is 2.72. The highest BCUT2D eigenvalue weighted by atomic mass is 32.2. The summed E-state index contributed by atoms with van der Waals surface area (Å²) < 4.78 is 37.1. The van der Waals surface area contributed by atoms with E-state index in [1.165, 1.54) is 19.8 Å². The number of aryl methyl sites for hydroxylation is 2. The zero-order valence-corrected chi connectivity index (χ0v) is 20.0. The minimum atomic E-state index is -3.80. The summed E-state index contributed by atoms with van der Waals surface area (Å²) in [7, 11) is -0.867. The SMILES string of the molecule is CC[C@@H](NC(=O)[C@H](C)N(c1cc(OC)ccc1OC)S(C)(=O)=O)c1ccc(C)c(C)c1. The van der Waals surface area contributed by atoms with E-state index in [0.717, 1.165) is 21.7 Å². The molecule has 31 heavy (non-hydrogen) atoms. The second-order valence-electron chi connectivity index (χ2n) is 7.59. The van der Waals surface area contributed by atoms with Gasteiger partial charge >= 0.3 is 0 Å². The van der Waals surface area contributed by atoms with Crippen LogP contribution in [0.15, 0.2) is 36.4 Å². The van der Waals surface area contributed by atoms with Gasteiger partial charge in [0.05, 0.1) is 32.2 Å². The van der Waals surface area contributed by atoms with Gasteiger partial charge in [-0.15, -0.1) is 0 Å². The molecule has 0 bridgehead atoms. The van der Waals surface area contributed by atoms with Gasteiger partial charge < -0.3 is 14.8 Å². The van der Waals surface area contributed by atoms with E-state index in [9.17, 15) is 13.2 Å². The summed E-state index contributed by atoms with van der Waals surface area (Å²) in [5, 5.41) is 3.00. The van der Waals surface area contributed by atoms with Crippen LogP contribution in [0.5, 0.6) is 11.5 Å². The first-order valence-corrected chi connectivity index (χ1v) is 12.0. The van der Waals surface area contributed by atoms with Gasteiger partial charge in [-0.25, -0.2) is 8.42 Å². The van der Waals surface area contributed by atoms with Crippen LogP contribution in [-0.2, 0) is 14.8 Å². The van der Waals surface area contributed by atoms with Crippen molar-refractivity contribution in [3.8, 4) is 11.5 Å². The Kier molecular flexibility index (Phi) is 7.95. The van der Waals surface area contributed by atoms with Gasteiger partial charge in [0.2, 0.25) is 15.9 Å². The van der Waals surface area contributed by atoms with E-state index < -0.39 is 22.0 Å². The lowest BCUT2D eigenvalue weighted by molar-refractivity contribution is -0.122. The van der Waals surface area contributed by atoms with Crippen LogP contribution >= 0.6 is 0 Å². The van der Waals surface area contributed by atoms with Crippen molar-refractivity contribution in [2.75, 3.05) is 24.8 Å². The van der Waals surface area contributed by atoms with Crippen molar-refractivity contribution in [2.45, 2.75) is 46.2 Å². The van der Waals surface area contributed by atoms with Gasteiger partial charge in [0.15, 0.2) is 0 Å². The van der Waals surface area contributed by atoms with Crippen LogP contribution in [0.1, 0.15) is 43.0 Å². The molecule has 0 aromatic heterocycles. The lowest BCUT2D eigenvalue weighted by atomic mass is 9.99. The molecule has 0 aliphatic carbocycles. The maximum atomic E-state index is 13.2. The van der Waals surface area contributed by atoms with E-state index in [4.69, 9.17) is 9.47 Å². The standard InChI is InChI=1S/C23H32N2O5S/c1-8-20(18-10-9-15(2)16(3)13-18)24-23(26)17(4)25(31(7,27)28)21-14-19(29-5)11-12-22(21)30-6/h9-14,17,20H,8H2,1-7H3,(H,24,26)/t17-,20+/m0/s1. The summed E-state index contributed by atoms with van der Waals surface area (Å²) in [6.07, 6.45) is 1.73. The molecule has 0 aliphatic rings. The highest BCUT2D eigenvalue weighted by Gasteiger charge is 2.32. The molecule has 2 atom stereocenters. The van der Waals surface area contributed by atoms with Crippen molar-refractivity contribution < 1.29 is 22.7 Å². The second-order valence-corrected chi connectivity index (χ2v) is 9.45. The Hall–Kier alpha value is -2.74. The molecule has 2 aromatic carbocycles. The molecule has 0 unspecified atom stereocenters. The lowest BCUT2D eigenvalue weighted by Crippen LogP contribution is -2.48. The van der Waals surface area contributed by atoms with Crippen LogP contribution in [0.4, 0.5) is 5.69 Å². The molecule has 8 heteroatoms. The summed E-state index contributed by atoms with van der Waals surface area (Å²) in [5.74, 6) is 0.381. The van der Waals surface area contributed by atoms with E-state index in [2.05, 4.69) is 5.32 Å². The number of nitrogens with zero attached hydrogens (tertiary/aromatic N) is 1. The van der Waals surface area contributed by atoms with Crippen LogP contribution in [-0.4, -0.2) is 40.8 Å². The van der Waals surface area contributed by atoms with Crippen molar-refractivity contribution in [2.24, 2.45) is 0 Å². The summed E-state index contributed by atoms with van der Waals surface area (Å²) in [4.78, 5) is 13.2. The number of amides is 1. The van der Waals surface area contributed by atoms with E-state index in [-0.39, 0.29) is 11.7 Å². The number of hydrogen-bond donors (Lipinski definition) is 1. The number of ether oxygens (including phenoxy) is 2. The van der Waals surface area contributed by atoms with Crippen molar-refractivity contribution >= 4 is 21.6 Å². The van der Waals surface area contributed by atoms with Crippen molar-refractivity contribution in [3.63, 3.8) is 0 Å². The molecule has 2 aromatic rings. The molecule has 0 heterocycles. The number of methoxy groups -OCH3 is 2. The number of carbonyl (C=O) groups excluding carboxylic acids is 1. The number of nitrogens with one attached hydrogen (secondary N) is 1. The van der Waals surface area contributed by atoms with Crippen LogP contribution in [0.3, 0.4) is 0 Å². The normalized spacial score (nSPS) is 13.3. The second kappa shape index (κ2) is 10.0. The molecule has 0 saturated heterocycles. The number of sulfonamides is 1. The van der Waals surface area contributed by atoms with E-state index in [1.807, 2.05) is 39.0 Å². The monoisotopic (exact) mass is 448 g/mol. The topological polar surface area (TPSA) is 84.9 Å². The number of benzene rings is 2. The lowest BCUT2D eigenvalue weighted by Gasteiger charge is -2.31. The van der Waals surface area contributed by atoms with Crippen LogP contribution in [0.2, 0.25) is 0 Å². The van der Waals surface area contributed by atoms with Gasteiger partial charge in [0.1, 0.15) is 17.5 Å². The van der Waals surface area contributed by atoms with E-state index in [0.29, 0.717) is 17.9 Å². The largest absolute Gasteiger partial charge is 0.497 e. The van der Waals surface area contributed by atoms with Gasteiger partial charge in [0.25, 0.3) is 0 Å².